The zero-order chi connectivity index (χ0) is 11.0. The predicted molar refractivity (Wildman–Crippen MR) is 64.4 cm³/mol. The van der Waals surface area contributed by atoms with Gasteiger partial charge in [-0.1, -0.05) is 6.92 Å². The van der Waals surface area contributed by atoms with Crippen LogP contribution in [0.4, 0.5) is 0 Å². The molecular formula is C13H21ClN3-. The second-order valence-electron chi connectivity index (χ2n) is 5.29. The maximum atomic E-state index is 4.19. The molecular weight excluding hydrogens is 234 g/mol. The van der Waals surface area contributed by atoms with Gasteiger partial charge >= 0.3 is 0 Å². The van der Waals surface area contributed by atoms with Gasteiger partial charge < -0.3 is 12.4 Å². The SMILES string of the molecule is CCCN1CCC[C@@H]2Cc3[nH]ncc3C[C@H]21.[Cl-]. The van der Waals surface area contributed by atoms with Gasteiger partial charge in [0.15, 0.2) is 0 Å². The van der Waals surface area contributed by atoms with E-state index in [2.05, 4.69) is 22.0 Å². The van der Waals surface area contributed by atoms with Gasteiger partial charge in [-0.2, -0.15) is 5.10 Å². The molecule has 2 aliphatic rings. The number of aromatic nitrogens is 2. The fraction of sp³-hybridized carbons (Fsp3) is 0.769. The van der Waals surface area contributed by atoms with Crippen molar-refractivity contribution in [2.75, 3.05) is 13.1 Å². The van der Waals surface area contributed by atoms with Crippen LogP contribution in [0.25, 0.3) is 0 Å². The molecule has 3 rings (SSSR count). The van der Waals surface area contributed by atoms with E-state index >= 15 is 0 Å². The third kappa shape index (κ3) is 2.36. The Labute approximate surface area is 109 Å². The van der Waals surface area contributed by atoms with Gasteiger partial charge in [0.25, 0.3) is 0 Å². The van der Waals surface area contributed by atoms with E-state index in [-0.39, 0.29) is 12.4 Å². The summed E-state index contributed by atoms with van der Waals surface area (Å²) in [5, 5.41) is 7.36. The molecule has 0 saturated carbocycles. The molecule has 1 aromatic rings. The Morgan fingerprint density at radius 2 is 2.35 bits per heavy atom. The van der Waals surface area contributed by atoms with Gasteiger partial charge in [-0.15, -0.1) is 0 Å². The third-order valence-corrected chi connectivity index (χ3v) is 4.25. The lowest BCUT2D eigenvalue weighted by Gasteiger charge is -2.43. The number of piperidine rings is 1. The van der Waals surface area contributed by atoms with Crippen LogP contribution >= 0.6 is 0 Å². The number of fused-ring (bicyclic) bond motifs is 2. The minimum Gasteiger partial charge on any atom is -1.00 e. The van der Waals surface area contributed by atoms with Crippen molar-refractivity contribution in [3.63, 3.8) is 0 Å². The molecule has 3 nitrogen and oxygen atoms in total. The van der Waals surface area contributed by atoms with Crippen LogP contribution in [0.5, 0.6) is 0 Å². The van der Waals surface area contributed by atoms with E-state index in [1.165, 1.54) is 56.5 Å². The molecule has 2 heterocycles. The number of hydrogen-bond acceptors (Lipinski definition) is 2. The molecule has 96 valence electrons. The summed E-state index contributed by atoms with van der Waals surface area (Å²) in [5.74, 6) is 0.869. The number of likely N-dealkylation sites (tertiary alicyclic amines) is 1. The molecule has 2 atom stereocenters. The van der Waals surface area contributed by atoms with E-state index in [0.29, 0.717) is 0 Å². The number of halogens is 1. The predicted octanol–water partition coefficient (Wildman–Crippen LogP) is -0.997. The molecule has 0 radical (unpaired) electrons. The van der Waals surface area contributed by atoms with Crippen molar-refractivity contribution >= 4 is 0 Å². The van der Waals surface area contributed by atoms with Crippen LogP contribution in [0.3, 0.4) is 0 Å². The van der Waals surface area contributed by atoms with Crippen molar-refractivity contribution in [1.82, 2.24) is 15.1 Å². The van der Waals surface area contributed by atoms with E-state index in [9.17, 15) is 0 Å². The molecule has 0 bridgehead atoms. The lowest BCUT2D eigenvalue weighted by Crippen LogP contribution is -3.00. The summed E-state index contributed by atoms with van der Waals surface area (Å²) in [7, 11) is 0. The Morgan fingerprint density at radius 1 is 1.47 bits per heavy atom. The Kier molecular flexibility index (Phi) is 4.10. The van der Waals surface area contributed by atoms with E-state index in [1.54, 1.807) is 0 Å². The van der Waals surface area contributed by atoms with Crippen LogP contribution in [-0.4, -0.2) is 34.2 Å². The summed E-state index contributed by atoms with van der Waals surface area (Å²) in [4.78, 5) is 2.71. The Hall–Kier alpha value is -0.540. The van der Waals surface area contributed by atoms with Gasteiger partial charge in [-0.3, -0.25) is 10.00 Å². The summed E-state index contributed by atoms with van der Waals surface area (Å²) in [6, 6.07) is 0.791. The number of H-pyrrole nitrogens is 1. The highest BCUT2D eigenvalue weighted by atomic mass is 35.5. The second-order valence-corrected chi connectivity index (χ2v) is 5.29. The normalized spacial score (nSPS) is 28.1. The summed E-state index contributed by atoms with van der Waals surface area (Å²) in [6.07, 6.45) is 8.54. The van der Waals surface area contributed by atoms with E-state index in [4.69, 9.17) is 0 Å². The molecule has 1 saturated heterocycles. The Morgan fingerprint density at radius 3 is 3.18 bits per heavy atom. The van der Waals surface area contributed by atoms with Gasteiger partial charge in [-0.05, 0) is 56.7 Å². The van der Waals surface area contributed by atoms with Crippen molar-refractivity contribution in [3.8, 4) is 0 Å². The van der Waals surface area contributed by atoms with Crippen LogP contribution in [0.2, 0.25) is 0 Å². The highest BCUT2D eigenvalue weighted by molar-refractivity contribution is 5.23. The first-order valence-electron chi connectivity index (χ1n) is 6.63. The first-order valence-corrected chi connectivity index (χ1v) is 6.63. The van der Waals surface area contributed by atoms with Crippen LogP contribution in [-0.2, 0) is 12.8 Å². The number of aromatic amines is 1. The minimum atomic E-state index is 0. The Bertz CT molecular complexity index is 361. The van der Waals surface area contributed by atoms with Gasteiger partial charge in [-0.25, -0.2) is 0 Å². The monoisotopic (exact) mass is 254 g/mol. The average Bonchev–Trinajstić information content (AvgIpc) is 2.74. The smallest absolute Gasteiger partial charge is 0.0522 e. The average molecular weight is 255 g/mol. The summed E-state index contributed by atoms with van der Waals surface area (Å²) in [5.41, 5.74) is 2.86. The molecule has 1 aliphatic heterocycles. The maximum Gasteiger partial charge on any atom is 0.0522 e. The first kappa shape index (κ1) is 12.9. The second kappa shape index (κ2) is 5.40. The molecule has 1 N–H and O–H groups in total. The van der Waals surface area contributed by atoms with E-state index in [0.717, 1.165) is 12.0 Å². The summed E-state index contributed by atoms with van der Waals surface area (Å²) >= 11 is 0. The fourth-order valence-corrected chi connectivity index (χ4v) is 3.49. The van der Waals surface area contributed by atoms with Gasteiger partial charge in [0, 0.05) is 11.7 Å². The van der Waals surface area contributed by atoms with Gasteiger partial charge in [0.1, 0.15) is 0 Å². The van der Waals surface area contributed by atoms with Crippen LogP contribution < -0.4 is 12.4 Å². The van der Waals surface area contributed by atoms with Crippen LogP contribution in [0, 0.1) is 5.92 Å². The molecule has 1 aromatic heterocycles. The highest BCUT2D eigenvalue weighted by Gasteiger charge is 2.35. The molecule has 0 aromatic carbocycles. The minimum absolute atomic E-state index is 0. The van der Waals surface area contributed by atoms with Gasteiger partial charge in [0.05, 0.1) is 6.20 Å². The number of nitrogens with one attached hydrogen (secondary N) is 1. The molecule has 0 unspecified atom stereocenters. The highest BCUT2D eigenvalue weighted by Crippen LogP contribution is 2.34. The van der Waals surface area contributed by atoms with Gasteiger partial charge in [0.2, 0.25) is 0 Å². The van der Waals surface area contributed by atoms with Crippen molar-refractivity contribution in [1.29, 1.82) is 0 Å². The van der Waals surface area contributed by atoms with Crippen molar-refractivity contribution in [2.45, 2.75) is 45.1 Å². The first-order chi connectivity index (χ1) is 7.88. The quantitative estimate of drug-likeness (QED) is 0.735. The van der Waals surface area contributed by atoms with Crippen LogP contribution in [0.1, 0.15) is 37.4 Å². The summed E-state index contributed by atoms with van der Waals surface area (Å²) < 4.78 is 0. The van der Waals surface area contributed by atoms with E-state index in [1.807, 2.05) is 6.20 Å². The molecule has 1 aliphatic carbocycles. The molecule has 0 spiro atoms. The zero-order valence-electron chi connectivity index (χ0n) is 10.5. The maximum absolute atomic E-state index is 4.19. The standard InChI is InChI=1S/C13H21N3.ClH/c1-2-5-16-6-3-4-10-7-12-11(8-13(10)16)9-14-15-12;/h9-10,13H,2-8H2,1H3,(H,14,15);1H/p-1/t10-,13-;/m1./s1. The Balaban J connectivity index is 0.00000108. The fourth-order valence-electron chi connectivity index (χ4n) is 3.49. The molecule has 0 amide bonds. The summed E-state index contributed by atoms with van der Waals surface area (Å²) in [6.45, 7) is 4.87. The zero-order valence-corrected chi connectivity index (χ0v) is 11.2. The molecule has 4 heteroatoms. The van der Waals surface area contributed by atoms with E-state index < -0.39 is 0 Å². The topological polar surface area (TPSA) is 31.9 Å². The number of nitrogens with zero attached hydrogens (tertiary/aromatic N) is 2. The van der Waals surface area contributed by atoms with Crippen molar-refractivity contribution in [3.05, 3.63) is 17.5 Å². The lowest BCUT2D eigenvalue weighted by atomic mass is 9.77. The van der Waals surface area contributed by atoms with Crippen LogP contribution in [0.15, 0.2) is 6.20 Å². The number of rotatable bonds is 2. The largest absolute Gasteiger partial charge is 1.00 e. The lowest BCUT2D eigenvalue weighted by molar-refractivity contribution is -0.00000351. The van der Waals surface area contributed by atoms with Crippen molar-refractivity contribution in [2.24, 2.45) is 5.92 Å². The third-order valence-electron chi connectivity index (χ3n) is 4.25. The molecule has 17 heavy (non-hydrogen) atoms. The van der Waals surface area contributed by atoms with Crippen molar-refractivity contribution < 1.29 is 12.4 Å². The number of hydrogen-bond donors (Lipinski definition) is 1. The molecule has 1 fully saturated rings.